The molecule has 5 nitrogen and oxygen atoms in total. The van der Waals surface area contributed by atoms with Crippen molar-refractivity contribution in [1.82, 2.24) is 10.2 Å². The van der Waals surface area contributed by atoms with Crippen molar-refractivity contribution >= 4 is 23.0 Å². The summed E-state index contributed by atoms with van der Waals surface area (Å²) >= 11 is 1.65. The number of Topliss-reactive ketones (excluding diaryl/α,β-unsaturated/α-hetero) is 1. The minimum absolute atomic E-state index is 0.0481. The molecule has 6 heteroatoms. The normalized spacial score (nSPS) is 12.1. The summed E-state index contributed by atoms with van der Waals surface area (Å²) in [5, 5.41) is 4.92. The number of amides is 1. The maximum atomic E-state index is 12.7. The number of benzene rings is 1. The van der Waals surface area contributed by atoms with E-state index in [1.165, 1.54) is 11.8 Å². The molecule has 0 aliphatic rings. The van der Waals surface area contributed by atoms with Gasteiger partial charge in [-0.25, -0.2) is 0 Å². The Bertz CT molecular complexity index is 824. The molecule has 0 fully saturated rings. The van der Waals surface area contributed by atoms with E-state index in [0.717, 1.165) is 11.3 Å². The van der Waals surface area contributed by atoms with E-state index in [4.69, 9.17) is 4.42 Å². The maximum Gasteiger partial charge on any atom is 0.234 e. The van der Waals surface area contributed by atoms with Crippen LogP contribution in [0, 0.1) is 0 Å². The van der Waals surface area contributed by atoms with Crippen LogP contribution in [0.15, 0.2) is 70.7 Å². The molecule has 146 valence electrons. The molecule has 2 heterocycles. The van der Waals surface area contributed by atoms with Crippen molar-refractivity contribution in [3.63, 3.8) is 0 Å². The standard InChI is InChI=1S/C22H24N2O3S/c1-17(25)21(13-18-7-3-2-4-8-18)23-22(26)16-24(14-19-9-5-11-27-19)15-20-10-6-12-28-20/h2-12,21H,13-16H2,1H3,(H,23,26)/t21-/m1/s1. The van der Waals surface area contributed by atoms with Crippen molar-refractivity contribution in [2.24, 2.45) is 0 Å². The lowest BCUT2D eigenvalue weighted by molar-refractivity contribution is -0.127. The van der Waals surface area contributed by atoms with Crippen LogP contribution >= 0.6 is 11.3 Å². The van der Waals surface area contributed by atoms with Crippen LogP contribution in [-0.4, -0.2) is 29.2 Å². The van der Waals surface area contributed by atoms with Crippen LogP contribution in [0.25, 0.3) is 0 Å². The molecule has 2 aromatic heterocycles. The van der Waals surface area contributed by atoms with Crippen molar-refractivity contribution in [3.05, 3.63) is 82.4 Å². The number of thiophene rings is 1. The van der Waals surface area contributed by atoms with Crippen molar-refractivity contribution in [3.8, 4) is 0 Å². The summed E-state index contributed by atoms with van der Waals surface area (Å²) in [6.45, 7) is 2.88. The van der Waals surface area contributed by atoms with Gasteiger partial charge >= 0.3 is 0 Å². The third kappa shape index (κ3) is 6.18. The third-order valence-electron chi connectivity index (χ3n) is 4.39. The highest BCUT2D eigenvalue weighted by atomic mass is 32.1. The number of nitrogens with one attached hydrogen (secondary N) is 1. The average molecular weight is 397 g/mol. The summed E-state index contributed by atoms with van der Waals surface area (Å²) < 4.78 is 5.44. The number of hydrogen-bond donors (Lipinski definition) is 1. The Balaban J connectivity index is 1.63. The first-order valence-corrected chi connectivity index (χ1v) is 10.1. The minimum atomic E-state index is -0.526. The molecule has 0 radical (unpaired) electrons. The summed E-state index contributed by atoms with van der Waals surface area (Å²) in [7, 11) is 0. The summed E-state index contributed by atoms with van der Waals surface area (Å²) in [5.41, 5.74) is 1.02. The van der Waals surface area contributed by atoms with E-state index in [1.807, 2.05) is 64.9 Å². The Labute approximate surface area is 169 Å². The van der Waals surface area contributed by atoms with Crippen molar-refractivity contribution in [1.29, 1.82) is 0 Å². The Morgan fingerprint density at radius 2 is 1.89 bits per heavy atom. The fraction of sp³-hybridized carbons (Fsp3) is 0.273. The first-order valence-electron chi connectivity index (χ1n) is 9.21. The zero-order valence-corrected chi connectivity index (χ0v) is 16.7. The largest absolute Gasteiger partial charge is 0.468 e. The van der Waals surface area contributed by atoms with E-state index < -0.39 is 6.04 Å². The lowest BCUT2D eigenvalue weighted by atomic mass is 10.0. The van der Waals surface area contributed by atoms with Gasteiger partial charge in [0.15, 0.2) is 5.78 Å². The molecule has 0 saturated heterocycles. The number of furan rings is 1. The quantitative estimate of drug-likeness (QED) is 0.568. The van der Waals surface area contributed by atoms with Gasteiger partial charge in [-0.2, -0.15) is 0 Å². The number of nitrogens with zero attached hydrogens (tertiary/aromatic N) is 1. The van der Waals surface area contributed by atoms with Crippen LogP contribution in [0.5, 0.6) is 0 Å². The van der Waals surface area contributed by atoms with Gasteiger partial charge in [0, 0.05) is 11.4 Å². The number of rotatable bonds is 10. The minimum Gasteiger partial charge on any atom is -0.468 e. The first kappa shape index (κ1) is 20.0. The van der Waals surface area contributed by atoms with Gasteiger partial charge in [-0.05, 0) is 42.5 Å². The Morgan fingerprint density at radius 3 is 2.54 bits per heavy atom. The SMILES string of the molecule is CC(=O)[C@@H](Cc1ccccc1)NC(=O)CN(Cc1ccco1)Cc1cccs1. The zero-order chi connectivity index (χ0) is 19.8. The molecule has 0 saturated carbocycles. The monoisotopic (exact) mass is 396 g/mol. The second-order valence-electron chi connectivity index (χ2n) is 6.72. The average Bonchev–Trinajstić information content (AvgIpc) is 3.36. The number of ketones is 1. The number of carbonyl (C=O) groups is 2. The molecule has 0 spiro atoms. The highest BCUT2D eigenvalue weighted by molar-refractivity contribution is 7.09. The highest BCUT2D eigenvalue weighted by Gasteiger charge is 2.20. The topological polar surface area (TPSA) is 62.6 Å². The second kappa shape index (κ2) is 10.0. The molecule has 0 bridgehead atoms. The maximum absolute atomic E-state index is 12.7. The van der Waals surface area contributed by atoms with Crippen molar-refractivity contribution in [2.45, 2.75) is 32.5 Å². The summed E-state index contributed by atoms with van der Waals surface area (Å²) in [5.74, 6) is 0.587. The van der Waals surface area contributed by atoms with Crippen molar-refractivity contribution < 1.29 is 14.0 Å². The van der Waals surface area contributed by atoms with Gasteiger partial charge in [0.1, 0.15) is 5.76 Å². The van der Waals surface area contributed by atoms with E-state index >= 15 is 0 Å². The molecule has 0 unspecified atom stereocenters. The van der Waals surface area contributed by atoms with E-state index in [0.29, 0.717) is 19.5 Å². The second-order valence-corrected chi connectivity index (χ2v) is 7.76. The Kier molecular flexibility index (Phi) is 7.17. The van der Waals surface area contributed by atoms with Gasteiger partial charge < -0.3 is 9.73 Å². The first-order chi connectivity index (χ1) is 13.6. The molecular weight excluding hydrogens is 372 g/mol. The molecule has 3 aromatic rings. The smallest absolute Gasteiger partial charge is 0.234 e. The summed E-state index contributed by atoms with van der Waals surface area (Å²) in [6, 6.07) is 17.0. The lowest BCUT2D eigenvalue weighted by Gasteiger charge is -2.22. The molecule has 1 N–H and O–H groups in total. The van der Waals surface area contributed by atoms with Crippen LogP contribution in [0.3, 0.4) is 0 Å². The van der Waals surface area contributed by atoms with E-state index in [9.17, 15) is 9.59 Å². The summed E-state index contributed by atoms with van der Waals surface area (Å²) in [4.78, 5) is 27.9. The molecule has 3 rings (SSSR count). The highest BCUT2D eigenvalue weighted by Crippen LogP contribution is 2.15. The predicted molar refractivity (Wildman–Crippen MR) is 110 cm³/mol. The number of hydrogen-bond acceptors (Lipinski definition) is 5. The van der Waals surface area contributed by atoms with Gasteiger partial charge in [0.05, 0.1) is 25.4 Å². The fourth-order valence-electron chi connectivity index (χ4n) is 3.00. The molecule has 28 heavy (non-hydrogen) atoms. The van der Waals surface area contributed by atoms with Crippen LogP contribution in [0.2, 0.25) is 0 Å². The molecular formula is C22H24N2O3S. The van der Waals surface area contributed by atoms with Gasteiger partial charge in [0.2, 0.25) is 5.91 Å². The van der Waals surface area contributed by atoms with Gasteiger partial charge in [0.25, 0.3) is 0 Å². The predicted octanol–water partition coefficient (Wildman–Crippen LogP) is 3.66. The molecule has 1 atom stereocenters. The Hall–Kier alpha value is -2.70. The summed E-state index contributed by atoms with van der Waals surface area (Å²) in [6.07, 6.45) is 2.12. The van der Waals surface area contributed by atoms with Crippen LogP contribution in [0.4, 0.5) is 0 Å². The van der Waals surface area contributed by atoms with Crippen LogP contribution in [-0.2, 0) is 29.1 Å². The van der Waals surface area contributed by atoms with Crippen molar-refractivity contribution in [2.75, 3.05) is 6.54 Å². The van der Waals surface area contributed by atoms with E-state index in [-0.39, 0.29) is 18.2 Å². The van der Waals surface area contributed by atoms with Gasteiger partial charge in [-0.1, -0.05) is 36.4 Å². The molecule has 0 aliphatic carbocycles. The lowest BCUT2D eigenvalue weighted by Crippen LogP contribution is -2.45. The van der Waals surface area contributed by atoms with Gasteiger partial charge in [-0.15, -0.1) is 11.3 Å². The van der Waals surface area contributed by atoms with Gasteiger partial charge in [-0.3, -0.25) is 14.5 Å². The van der Waals surface area contributed by atoms with E-state index in [1.54, 1.807) is 17.6 Å². The molecule has 1 aromatic carbocycles. The zero-order valence-electron chi connectivity index (χ0n) is 15.8. The third-order valence-corrected chi connectivity index (χ3v) is 5.26. The van der Waals surface area contributed by atoms with Crippen LogP contribution < -0.4 is 5.32 Å². The molecule has 1 amide bonds. The fourth-order valence-corrected chi connectivity index (χ4v) is 3.75. The Morgan fingerprint density at radius 1 is 1.07 bits per heavy atom. The van der Waals surface area contributed by atoms with E-state index in [2.05, 4.69) is 5.32 Å². The molecule has 0 aliphatic heterocycles. The number of carbonyl (C=O) groups excluding carboxylic acids is 2. The van der Waals surface area contributed by atoms with Crippen LogP contribution in [0.1, 0.15) is 23.1 Å².